The highest BCUT2D eigenvalue weighted by Crippen LogP contribution is 2.23. The van der Waals surface area contributed by atoms with Crippen molar-refractivity contribution < 1.29 is 4.39 Å². The van der Waals surface area contributed by atoms with E-state index in [0.29, 0.717) is 6.54 Å². The Hall–Kier alpha value is -1.66. The molecule has 3 rings (SSSR count). The Morgan fingerprint density at radius 1 is 1.05 bits per heavy atom. The Balaban J connectivity index is 1.79. The summed E-state index contributed by atoms with van der Waals surface area (Å²) >= 11 is 4.93. The lowest BCUT2D eigenvalue weighted by Gasteiger charge is -2.24. The number of benzene rings is 2. The fraction of sp³-hybridized carbons (Fsp3) is 0.125. The molecular weight excluding hydrogens is 365 g/mol. The molecular formula is C16H13BrFN3S. The molecule has 2 aromatic carbocycles. The van der Waals surface area contributed by atoms with Crippen LogP contribution in [0.4, 0.5) is 4.39 Å². The summed E-state index contributed by atoms with van der Waals surface area (Å²) in [5.74, 6) is 0.610. The van der Waals surface area contributed by atoms with Crippen molar-refractivity contribution in [3.63, 3.8) is 0 Å². The third-order valence-corrected chi connectivity index (χ3v) is 4.62. The van der Waals surface area contributed by atoms with Crippen LogP contribution in [0.15, 0.2) is 68.1 Å². The van der Waals surface area contributed by atoms with E-state index >= 15 is 0 Å². The maximum absolute atomic E-state index is 12.9. The number of nitrogens with zero attached hydrogens (tertiary/aromatic N) is 3. The molecule has 0 saturated heterocycles. The smallest absolute Gasteiger partial charge is 0.158 e. The van der Waals surface area contributed by atoms with Crippen LogP contribution >= 0.6 is 27.7 Å². The summed E-state index contributed by atoms with van der Waals surface area (Å²) in [6.45, 7) is 0.678. The van der Waals surface area contributed by atoms with E-state index in [1.165, 1.54) is 23.9 Å². The SMILES string of the molecule is CN1CC(Sc2ccc(F)cc2)=NN=C1c1ccc(Br)cc1. The van der Waals surface area contributed by atoms with E-state index in [9.17, 15) is 4.39 Å². The molecule has 0 saturated carbocycles. The third-order valence-electron chi connectivity index (χ3n) is 3.14. The van der Waals surface area contributed by atoms with Gasteiger partial charge >= 0.3 is 0 Å². The van der Waals surface area contributed by atoms with Crippen LogP contribution in [-0.4, -0.2) is 29.4 Å². The second-order valence-electron chi connectivity index (χ2n) is 4.84. The topological polar surface area (TPSA) is 28.0 Å². The van der Waals surface area contributed by atoms with Gasteiger partial charge in [0.05, 0.1) is 6.54 Å². The molecule has 0 atom stereocenters. The molecule has 0 fully saturated rings. The molecule has 6 heteroatoms. The zero-order valence-electron chi connectivity index (χ0n) is 11.8. The van der Waals surface area contributed by atoms with Crippen molar-refractivity contribution in [1.82, 2.24) is 4.90 Å². The van der Waals surface area contributed by atoms with Crippen LogP contribution in [0.25, 0.3) is 0 Å². The van der Waals surface area contributed by atoms with E-state index in [1.807, 2.05) is 31.3 Å². The van der Waals surface area contributed by atoms with Crippen molar-refractivity contribution in [3.8, 4) is 0 Å². The van der Waals surface area contributed by atoms with Crippen molar-refractivity contribution in [1.29, 1.82) is 0 Å². The molecule has 112 valence electrons. The number of halogens is 2. The highest BCUT2D eigenvalue weighted by atomic mass is 79.9. The van der Waals surface area contributed by atoms with Gasteiger partial charge in [-0.3, -0.25) is 0 Å². The summed E-state index contributed by atoms with van der Waals surface area (Å²) in [6, 6.07) is 14.4. The monoisotopic (exact) mass is 377 g/mol. The average molecular weight is 378 g/mol. The van der Waals surface area contributed by atoms with Gasteiger partial charge in [0, 0.05) is 22.0 Å². The van der Waals surface area contributed by atoms with Gasteiger partial charge in [-0.05, 0) is 36.4 Å². The predicted molar refractivity (Wildman–Crippen MR) is 93.0 cm³/mol. The number of rotatable bonds is 2. The van der Waals surface area contributed by atoms with Crippen LogP contribution < -0.4 is 0 Å². The second-order valence-corrected chi connectivity index (χ2v) is 6.90. The molecule has 22 heavy (non-hydrogen) atoms. The summed E-state index contributed by atoms with van der Waals surface area (Å²) in [7, 11) is 1.99. The predicted octanol–water partition coefficient (Wildman–Crippen LogP) is 4.39. The summed E-state index contributed by atoms with van der Waals surface area (Å²) in [5.41, 5.74) is 1.03. The Bertz CT molecular complexity index is 726. The Morgan fingerprint density at radius 2 is 1.73 bits per heavy atom. The Morgan fingerprint density at radius 3 is 2.36 bits per heavy atom. The molecule has 0 N–H and O–H groups in total. The fourth-order valence-corrected chi connectivity index (χ4v) is 3.21. The van der Waals surface area contributed by atoms with Crippen LogP contribution in [-0.2, 0) is 0 Å². The minimum atomic E-state index is -0.234. The van der Waals surface area contributed by atoms with Gasteiger partial charge in [0.15, 0.2) is 5.84 Å². The molecule has 2 aromatic rings. The molecule has 0 aromatic heterocycles. The summed E-state index contributed by atoms with van der Waals surface area (Å²) < 4.78 is 14.0. The average Bonchev–Trinajstić information content (AvgIpc) is 2.51. The molecule has 0 bridgehead atoms. The Kier molecular flexibility index (Phi) is 4.59. The first-order valence-electron chi connectivity index (χ1n) is 6.67. The zero-order chi connectivity index (χ0) is 15.5. The Labute approximate surface area is 141 Å². The van der Waals surface area contributed by atoms with Crippen LogP contribution in [0.5, 0.6) is 0 Å². The van der Waals surface area contributed by atoms with Gasteiger partial charge in [0.2, 0.25) is 0 Å². The van der Waals surface area contributed by atoms with E-state index in [0.717, 1.165) is 25.8 Å². The van der Waals surface area contributed by atoms with Crippen molar-refractivity contribution >= 4 is 38.6 Å². The molecule has 0 amide bonds. The fourth-order valence-electron chi connectivity index (χ4n) is 2.06. The minimum absolute atomic E-state index is 0.234. The van der Waals surface area contributed by atoms with Crippen molar-refractivity contribution in [2.45, 2.75) is 4.90 Å². The van der Waals surface area contributed by atoms with E-state index in [2.05, 4.69) is 31.0 Å². The number of thioether (sulfide) groups is 1. The van der Waals surface area contributed by atoms with Gasteiger partial charge in [-0.15, -0.1) is 10.2 Å². The molecule has 1 heterocycles. The largest absolute Gasteiger partial charge is 0.351 e. The van der Waals surface area contributed by atoms with Crippen molar-refractivity contribution in [2.24, 2.45) is 10.2 Å². The molecule has 0 spiro atoms. The number of hydrogen-bond acceptors (Lipinski definition) is 4. The molecule has 0 aliphatic carbocycles. The highest BCUT2D eigenvalue weighted by molar-refractivity contribution is 9.10. The standard InChI is InChI=1S/C16H13BrFN3S/c1-21-10-15(22-14-8-6-13(18)7-9-14)19-20-16(21)11-2-4-12(17)5-3-11/h2-9H,10H2,1H3. The van der Waals surface area contributed by atoms with Gasteiger partial charge in [0.25, 0.3) is 0 Å². The lowest BCUT2D eigenvalue weighted by molar-refractivity contribution is 0.572. The first kappa shape index (κ1) is 15.2. The van der Waals surface area contributed by atoms with E-state index < -0.39 is 0 Å². The molecule has 0 unspecified atom stereocenters. The molecule has 3 nitrogen and oxygen atoms in total. The van der Waals surface area contributed by atoms with E-state index in [-0.39, 0.29) is 5.82 Å². The minimum Gasteiger partial charge on any atom is -0.351 e. The summed E-state index contributed by atoms with van der Waals surface area (Å²) in [5, 5.41) is 9.51. The van der Waals surface area contributed by atoms with Gasteiger partial charge in [-0.25, -0.2) is 4.39 Å². The second kappa shape index (κ2) is 6.62. The zero-order valence-corrected chi connectivity index (χ0v) is 14.2. The van der Waals surface area contributed by atoms with E-state index in [1.54, 1.807) is 12.1 Å². The van der Waals surface area contributed by atoms with Crippen LogP contribution in [0.1, 0.15) is 5.56 Å². The summed E-state index contributed by atoms with van der Waals surface area (Å²) in [6.07, 6.45) is 0. The quantitative estimate of drug-likeness (QED) is 0.776. The lowest BCUT2D eigenvalue weighted by atomic mass is 10.2. The molecule has 1 aliphatic heterocycles. The van der Waals surface area contributed by atoms with Gasteiger partial charge in [-0.1, -0.05) is 39.8 Å². The normalized spacial score (nSPS) is 14.6. The van der Waals surface area contributed by atoms with Gasteiger partial charge < -0.3 is 4.90 Å². The van der Waals surface area contributed by atoms with Crippen molar-refractivity contribution in [2.75, 3.05) is 13.6 Å². The third kappa shape index (κ3) is 3.56. The maximum atomic E-state index is 12.9. The first-order valence-corrected chi connectivity index (χ1v) is 8.28. The lowest BCUT2D eigenvalue weighted by Crippen LogP contribution is -2.34. The molecule has 0 radical (unpaired) electrons. The molecule has 1 aliphatic rings. The number of amidine groups is 1. The van der Waals surface area contributed by atoms with Crippen LogP contribution in [0, 0.1) is 5.82 Å². The summed E-state index contributed by atoms with van der Waals surface area (Å²) in [4.78, 5) is 3.01. The van der Waals surface area contributed by atoms with Gasteiger partial charge in [-0.2, -0.15) is 0 Å². The van der Waals surface area contributed by atoms with Crippen molar-refractivity contribution in [3.05, 3.63) is 64.4 Å². The van der Waals surface area contributed by atoms with Crippen LogP contribution in [0.2, 0.25) is 0 Å². The maximum Gasteiger partial charge on any atom is 0.158 e. The number of hydrogen-bond donors (Lipinski definition) is 0. The highest BCUT2D eigenvalue weighted by Gasteiger charge is 2.17. The van der Waals surface area contributed by atoms with Gasteiger partial charge in [0.1, 0.15) is 10.9 Å². The first-order chi connectivity index (χ1) is 10.6. The van der Waals surface area contributed by atoms with E-state index in [4.69, 9.17) is 0 Å². The van der Waals surface area contributed by atoms with Crippen LogP contribution in [0.3, 0.4) is 0 Å².